The standard InChI is InChI=1S/C9H14N2O3S2/c1-6-4-8(12)11-9(10-6)15-7-2-3-16(13,14)5-7/h6-7H,2-5H2,1H3,(H,10,11,12)/t6-,7-/m0/s1. The molecule has 0 spiro atoms. The number of hydrogen-bond acceptors (Lipinski definition) is 5. The van der Waals surface area contributed by atoms with Crippen LogP contribution in [0.5, 0.6) is 0 Å². The molecule has 0 aromatic carbocycles. The summed E-state index contributed by atoms with van der Waals surface area (Å²) in [7, 11) is -2.86. The predicted octanol–water partition coefficient (Wildman–Crippen LogP) is 0.171. The molecule has 0 unspecified atom stereocenters. The number of hydrogen-bond donors (Lipinski definition) is 1. The first kappa shape index (κ1) is 11.9. The van der Waals surface area contributed by atoms with E-state index in [0.717, 1.165) is 0 Å². The molecule has 90 valence electrons. The second kappa shape index (κ2) is 4.37. The van der Waals surface area contributed by atoms with Gasteiger partial charge in [0.25, 0.3) is 0 Å². The molecular weight excluding hydrogens is 248 g/mol. The van der Waals surface area contributed by atoms with Crippen molar-refractivity contribution < 1.29 is 13.2 Å². The summed E-state index contributed by atoms with van der Waals surface area (Å²) >= 11 is 1.38. The molecule has 2 heterocycles. The molecule has 5 nitrogen and oxygen atoms in total. The van der Waals surface area contributed by atoms with Gasteiger partial charge in [0.1, 0.15) is 0 Å². The maximum atomic E-state index is 11.3. The molecule has 16 heavy (non-hydrogen) atoms. The van der Waals surface area contributed by atoms with E-state index in [1.807, 2.05) is 6.92 Å². The molecule has 0 saturated carbocycles. The number of nitrogens with one attached hydrogen (secondary N) is 1. The van der Waals surface area contributed by atoms with Gasteiger partial charge >= 0.3 is 0 Å². The number of aliphatic imine (C=N–C) groups is 1. The number of carbonyl (C=O) groups excluding carboxylic acids is 1. The molecule has 2 rings (SSSR count). The molecule has 1 amide bonds. The van der Waals surface area contributed by atoms with Gasteiger partial charge in [-0.15, -0.1) is 0 Å². The van der Waals surface area contributed by atoms with Crippen LogP contribution in [-0.2, 0) is 14.6 Å². The van der Waals surface area contributed by atoms with Crippen LogP contribution >= 0.6 is 11.8 Å². The number of amidine groups is 1. The third kappa shape index (κ3) is 2.98. The molecule has 0 radical (unpaired) electrons. The Labute approximate surface area is 99.0 Å². The van der Waals surface area contributed by atoms with E-state index in [9.17, 15) is 13.2 Å². The van der Waals surface area contributed by atoms with Gasteiger partial charge in [-0.1, -0.05) is 11.8 Å². The van der Waals surface area contributed by atoms with Crippen LogP contribution < -0.4 is 5.32 Å². The summed E-state index contributed by atoms with van der Waals surface area (Å²) in [5.74, 6) is 0.411. The lowest BCUT2D eigenvalue weighted by Gasteiger charge is -2.19. The normalized spacial score (nSPS) is 33.3. The zero-order valence-corrected chi connectivity index (χ0v) is 10.6. The van der Waals surface area contributed by atoms with E-state index >= 15 is 0 Å². The fourth-order valence-corrected chi connectivity index (χ4v) is 5.34. The number of carbonyl (C=O) groups is 1. The molecule has 0 bridgehead atoms. The van der Waals surface area contributed by atoms with E-state index in [2.05, 4.69) is 10.3 Å². The summed E-state index contributed by atoms with van der Waals surface area (Å²) in [4.78, 5) is 15.6. The van der Waals surface area contributed by atoms with Crippen LogP contribution in [0.1, 0.15) is 19.8 Å². The van der Waals surface area contributed by atoms with E-state index in [1.165, 1.54) is 11.8 Å². The van der Waals surface area contributed by atoms with E-state index in [4.69, 9.17) is 0 Å². The maximum absolute atomic E-state index is 11.3. The van der Waals surface area contributed by atoms with Crippen LogP contribution in [0.4, 0.5) is 0 Å². The summed E-state index contributed by atoms with van der Waals surface area (Å²) in [6.07, 6.45) is 1.06. The zero-order valence-electron chi connectivity index (χ0n) is 8.97. The molecule has 1 saturated heterocycles. The highest BCUT2D eigenvalue weighted by molar-refractivity contribution is 8.15. The van der Waals surface area contributed by atoms with E-state index < -0.39 is 9.84 Å². The average Bonchev–Trinajstić information content (AvgIpc) is 2.43. The van der Waals surface area contributed by atoms with Crippen molar-refractivity contribution in [3.8, 4) is 0 Å². The molecule has 7 heteroatoms. The molecular formula is C9H14N2O3S2. The number of sulfone groups is 1. The molecule has 1 N–H and O–H groups in total. The van der Waals surface area contributed by atoms with Gasteiger partial charge in [0.2, 0.25) is 5.91 Å². The van der Waals surface area contributed by atoms with Crippen molar-refractivity contribution in [1.82, 2.24) is 5.32 Å². The fourth-order valence-electron chi connectivity index (χ4n) is 1.79. The van der Waals surface area contributed by atoms with Crippen molar-refractivity contribution in [3.63, 3.8) is 0 Å². The topological polar surface area (TPSA) is 75.6 Å². The molecule has 0 aromatic rings. The van der Waals surface area contributed by atoms with Gasteiger partial charge in [0.05, 0.1) is 17.5 Å². The Balaban J connectivity index is 1.98. The molecule has 2 aliphatic heterocycles. The van der Waals surface area contributed by atoms with Crippen molar-refractivity contribution in [2.45, 2.75) is 31.1 Å². The van der Waals surface area contributed by atoms with Gasteiger partial charge in [-0.05, 0) is 13.3 Å². The van der Waals surface area contributed by atoms with Crippen LogP contribution in [-0.4, -0.2) is 42.3 Å². The molecule has 1 fully saturated rings. The molecule has 2 atom stereocenters. The monoisotopic (exact) mass is 262 g/mol. The minimum absolute atomic E-state index is 0.00531. The highest BCUT2D eigenvalue weighted by Crippen LogP contribution is 2.26. The van der Waals surface area contributed by atoms with E-state index in [1.54, 1.807) is 0 Å². The van der Waals surface area contributed by atoms with Gasteiger partial charge in [0.15, 0.2) is 15.0 Å². The minimum Gasteiger partial charge on any atom is -0.305 e. The van der Waals surface area contributed by atoms with Crippen molar-refractivity contribution in [1.29, 1.82) is 0 Å². The van der Waals surface area contributed by atoms with E-state index in [0.29, 0.717) is 18.0 Å². The summed E-state index contributed by atoms with van der Waals surface area (Å²) in [5, 5.41) is 3.29. The van der Waals surface area contributed by atoms with Crippen molar-refractivity contribution >= 4 is 32.7 Å². The second-order valence-electron chi connectivity index (χ2n) is 4.18. The third-order valence-electron chi connectivity index (χ3n) is 2.53. The number of rotatable bonds is 1. The Morgan fingerprint density at radius 1 is 1.50 bits per heavy atom. The number of thioether (sulfide) groups is 1. The molecule has 0 aliphatic carbocycles. The van der Waals surface area contributed by atoms with Crippen LogP contribution in [0.15, 0.2) is 4.99 Å². The smallest absolute Gasteiger partial charge is 0.228 e. The zero-order chi connectivity index (χ0) is 11.8. The molecule has 0 aromatic heterocycles. The van der Waals surface area contributed by atoms with Crippen LogP contribution in [0.3, 0.4) is 0 Å². The minimum atomic E-state index is -2.86. The first-order valence-corrected chi connectivity index (χ1v) is 7.89. The van der Waals surface area contributed by atoms with Gasteiger partial charge < -0.3 is 5.32 Å². The summed E-state index contributed by atoms with van der Waals surface area (Å²) in [6.45, 7) is 1.88. The fraction of sp³-hybridized carbons (Fsp3) is 0.778. The average molecular weight is 262 g/mol. The van der Waals surface area contributed by atoms with Gasteiger partial charge in [-0.2, -0.15) is 0 Å². The largest absolute Gasteiger partial charge is 0.305 e. The first-order valence-electron chi connectivity index (χ1n) is 5.19. The Morgan fingerprint density at radius 3 is 2.81 bits per heavy atom. The third-order valence-corrected chi connectivity index (χ3v) is 5.68. The van der Waals surface area contributed by atoms with Crippen molar-refractivity contribution in [2.24, 2.45) is 4.99 Å². The lowest BCUT2D eigenvalue weighted by Crippen LogP contribution is -2.36. The van der Waals surface area contributed by atoms with Gasteiger partial charge in [0, 0.05) is 11.7 Å². The van der Waals surface area contributed by atoms with Crippen molar-refractivity contribution in [3.05, 3.63) is 0 Å². The lowest BCUT2D eigenvalue weighted by atomic mass is 10.2. The highest BCUT2D eigenvalue weighted by atomic mass is 32.2. The Bertz CT molecular complexity index is 430. The van der Waals surface area contributed by atoms with Crippen LogP contribution in [0.25, 0.3) is 0 Å². The van der Waals surface area contributed by atoms with Crippen molar-refractivity contribution in [2.75, 3.05) is 11.5 Å². The summed E-state index contributed by atoms with van der Waals surface area (Å²) in [6, 6.07) is -0.00531. The summed E-state index contributed by atoms with van der Waals surface area (Å²) in [5.41, 5.74) is 0. The second-order valence-corrected chi connectivity index (χ2v) is 7.70. The van der Waals surface area contributed by atoms with Crippen LogP contribution in [0, 0.1) is 0 Å². The van der Waals surface area contributed by atoms with Gasteiger partial charge in [-0.3, -0.25) is 9.79 Å². The van der Waals surface area contributed by atoms with Crippen LogP contribution in [0.2, 0.25) is 0 Å². The maximum Gasteiger partial charge on any atom is 0.228 e. The molecule has 2 aliphatic rings. The SMILES string of the molecule is C[C@H]1CC(=O)NC(S[C@H]2CCS(=O)(=O)C2)=N1. The Morgan fingerprint density at radius 2 is 2.25 bits per heavy atom. The summed E-state index contributed by atoms with van der Waals surface area (Å²) < 4.78 is 22.5. The predicted molar refractivity (Wildman–Crippen MR) is 64.3 cm³/mol. The Kier molecular flexibility index (Phi) is 3.25. The first-order chi connectivity index (χ1) is 7.44. The quantitative estimate of drug-likeness (QED) is 0.731. The number of amides is 1. The lowest BCUT2D eigenvalue weighted by molar-refractivity contribution is -0.120. The Hall–Kier alpha value is -0.560. The van der Waals surface area contributed by atoms with Gasteiger partial charge in [-0.25, -0.2) is 8.42 Å². The van der Waals surface area contributed by atoms with E-state index in [-0.39, 0.29) is 28.7 Å². The number of nitrogens with zero attached hydrogens (tertiary/aromatic N) is 1. The highest BCUT2D eigenvalue weighted by Gasteiger charge is 2.30.